The number of primary amides is 1. The number of cyclic esters (lactones) is 1. The van der Waals surface area contributed by atoms with Crippen molar-refractivity contribution in [3.8, 4) is 43.5 Å². The number of aliphatic hydroxyl groups excluding tert-OH is 4. The molecule has 12 heterocycles. The van der Waals surface area contributed by atoms with Crippen LogP contribution in [-0.4, -0.2) is 246 Å². The number of carbonyl (C=O) groups excluding carboxylic acids is 8. The number of aromatic hydroxyl groups is 1. The van der Waals surface area contributed by atoms with Crippen LogP contribution < -0.4 is 37.1 Å². The summed E-state index contributed by atoms with van der Waals surface area (Å²) in [5.41, 5.74) is 4.62. The molecule has 3 saturated heterocycles. The van der Waals surface area contributed by atoms with Gasteiger partial charge in [-0.1, -0.05) is 41.8 Å². The van der Waals surface area contributed by atoms with Crippen LogP contribution in [0, 0.1) is 0 Å². The van der Waals surface area contributed by atoms with Gasteiger partial charge in [0.05, 0.1) is 74.2 Å². The first-order valence-electron chi connectivity index (χ1n) is 36.5. The number of aromatic amines is 1. The van der Waals surface area contributed by atoms with E-state index in [9.17, 15) is 49.5 Å². The fourth-order valence-electron chi connectivity index (χ4n) is 13.7. The van der Waals surface area contributed by atoms with Crippen molar-refractivity contribution in [2.75, 3.05) is 41.3 Å². The Morgan fingerprint density at radius 3 is 2.14 bits per heavy atom. The maximum absolute atomic E-state index is 16.0. The lowest BCUT2D eigenvalue weighted by molar-refractivity contribution is -0.342. The number of nitrogens with zero attached hydrogens (tertiary/aromatic N) is 6. The summed E-state index contributed by atoms with van der Waals surface area (Å²) in [7, 11) is 6.85. The molecule has 18 atom stereocenters. The van der Waals surface area contributed by atoms with E-state index in [0.29, 0.717) is 39.8 Å². The maximum atomic E-state index is 16.0. The van der Waals surface area contributed by atoms with Gasteiger partial charge in [0.1, 0.15) is 132 Å². The number of pyridine rings is 1. The Morgan fingerprint density at radius 1 is 0.729 bits per heavy atom. The normalized spacial score (nSPS) is 27.6. The minimum absolute atomic E-state index is 0.0286. The summed E-state index contributed by atoms with van der Waals surface area (Å²) in [6.07, 6.45) is -16.9. The van der Waals surface area contributed by atoms with Crippen LogP contribution in [0.3, 0.4) is 0 Å². The van der Waals surface area contributed by atoms with Crippen LogP contribution in [0.1, 0.15) is 145 Å². The fraction of sp³-hybridized carbons (Fsp3) is 0.459. The zero-order valence-electron chi connectivity index (χ0n) is 64.6. The minimum atomic E-state index is -1.96. The molecule has 0 saturated carbocycles. The summed E-state index contributed by atoms with van der Waals surface area (Å²) in [6, 6.07) is 1.52. The van der Waals surface area contributed by atoms with Gasteiger partial charge in [-0.2, -0.15) is 0 Å². The molecule has 12 bridgehead atoms. The summed E-state index contributed by atoms with van der Waals surface area (Å²) >= 11 is 4.99. The zero-order valence-corrected chi connectivity index (χ0v) is 69.5. The van der Waals surface area contributed by atoms with Crippen LogP contribution in [0.2, 0.25) is 0 Å². The van der Waals surface area contributed by atoms with Gasteiger partial charge in [0.15, 0.2) is 18.3 Å². The lowest BCUT2D eigenvalue weighted by Crippen LogP contribution is -2.61. The third kappa shape index (κ3) is 18.4. The first-order chi connectivity index (χ1) is 56.5. The number of hydrogen-bond acceptors (Lipinski definition) is 37. The Labute approximate surface area is 695 Å². The van der Waals surface area contributed by atoms with Gasteiger partial charge < -0.3 is 120 Å². The topological polar surface area (TPSA) is 528 Å². The van der Waals surface area contributed by atoms with Gasteiger partial charge >= 0.3 is 5.97 Å². The quantitative estimate of drug-likeness (QED) is 0.0336. The molecule has 7 aromatic heterocycles. The summed E-state index contributed by atoms with van der Waals surface area (Å²) in [5.74, 6) is -7.64. The Kier molecular flexibility index (Phi) is 27.3. The number of hydrogen-bond donors (Lipinski definition) is 12. The summed E-state index contributed by atoms with van der Waals surface area (Å²) in [6.45, 7) is 10.7. The number of aromatic nitrogens is 7. The number of fused-ring (bicyclic) bond motifs is 13. The van der Waals surface area contributed by atoms with Crippen LogP contribution in [0.4, 0.5) is 0 Å². The third-order valence-corrected chi connectivity index (χ3v) is 25.4. The number of nitrogens with one attached hydrogen (secondary N) is 6. The van der Waals surface area contributed by atoms with E-state index >= 15 is 14.4 Å². The number of thiazole rings is 5. The predicted molar refractivity (Wildman–Crippen MR) is 424 cm³/mol. The Balaban J connectivity index is 0.930. The van der Waals surface area contributed by atoms with Gasteiger partial charge in [0.25, 0.3) is 29.5 Å². The van der Waals surface area contributed by atoms with Crippen LogP contribution in [0.15, 0.2) is 63.8 Å². The Hall–Kier alpha value is -9.27. The first kappa shape index (κ1) is 86.6. The second-order valence-electron chi connectivity index (χ2n) is 27.7. The molecule has 8 aromatic rings. The highest BCUT2D eigenvalue weighted by atomic mass is 32.2. The molecule has 13 rings (SSSR count). The van der Waals surface area contributed by atoms with Gasteiger partial charge in [-0.15, -0.1) is 45.3 Å². The summed E-state index contributed by atoms with van der Waals surface area (Å²) < 4.78 is 73.5. The number of allylic oxidation sites excluding steroid dienone is 1. The Bertz CT molecular complexity index is 5160. The Morgan fingerprint density at radius 2 is 1.43 bits per heavy atom. The van der Waals surface area contributed by atoms with Gasteiger partial charge in [0.2, 0.25) is 22.4 Å². The van der Waals surface area contributed by atoms with Crippen LogP contribution >= 0.6 is 68.4 Å². The van der Waals surface area contributed by atoms with Gasteiger partial charge in [-0.3, -0.25) is 38.4 Å². The molecule has 118 heavy (non-hydrogen) atoms. The number of aliphatic hydroxyl groups is 4. The number of methoxy groups -OCH3 is 5. The van der Waals surface area contributed by atoms with Gasteiger partial charge in [0, 0.05) is 84.2 Å². The standard InChI is InChI=1S/C74H83N13O25S6/c1-26(60(75)94)76-61(95)37-23-116-69(82-37)51-41(89)17-33-49(83-51)36-21-114-67(79-36)40-25-117-71(100)50-34(20-101-7)46-32(13-12-14-35(46)77-50)19-106-44(91)18-42(90)52(86-63(97)39-24-115-68(81-39)48(29(4)102-8)85-64(98)47(27(2)88)84-62(96)38-22-113-66(33)80-38)70-87-53(65(99)78-40)74(118-70)112-73-59(105-11)58(104-10)56(31(6)109-73)111-45-16-15-43(28(3)107-45)110-72-55(93)57(103-9)54(92)30(5)108-72/h12-14,17,21-24,27-28,30-31,40,42-43,45,47,52,54-59,72-73,77,88-90,92-93H,1,15-16,18-20,25H2,2-11H3,(H2,75,94)(H,76,95)(H,78,99)(H,84,96)(H,85,98)(H,86,97)/b48-29+/t27-,28+,30+,31+,40+,42+,43-,45+,47+,52+,54+,55-,56+,57-,58-,59-,72+,73+/m1/s1. The van der Waals surface area contributed by atoms with Crippen LogP contribution in [-0.2, 0) is 79.7 Å². The van der Waals surface area contributed by atoms with Crippen molar-refractivity contribution in [3.63, 3.8) is 0 Å². The van der Waals surface area contributed by atoms with Crippen molar-refractivity contribution in [1.29, 1.82) is 0 Å². The number of benzene rings is 1. The molecular formula is C74H83N13O25S6. The van der Waals surface area contributed by atoms with E-state index in [2.05, 4.69) is 53.1 Å². The third-order valence-electron chi connectivity index (χ3n) is 19.9. The molecule has 38 nitrogen and oxygen atoms in total. The molecule has 0 spiro atoms. The molecule has 0 unspecified atom stereocenters. The maximum Gasteiger partial charge on any atom is 0.308 e. The lowest BCUT2D eigenvalue weighted by Gasteiger charge is -2.46. The number of thioether (sulfide) groups is 1. The zero-order chi connectivity index (χ0) is 84.4. The van der Waals surface area contributed by atoms with E-state index in [1.54, 1.807) is 44.4 Å². The largest absolute Gasteiger partial charge is 0.506 e. The molecule has 0 radical (unpaired) electrons. The predicted octanol–water partition coefficient (Wildman–Crippen LogP) is 4.63. The summed E-state index contributed by atoms with van der Waals surface area (Å²) in [5, 5.41) is 75.7. The molecule has 5 aliphatic rings. The second kappa shape index (κ2) is 37.2. The van der Waals surface area contributed by atoms with E-state index in [0.717, 1.165) is 57.1 Å². The average Bonchev–Trinajstić information content (AvgIpc) is 1.53. The molecule has 0 aliphatic carbocycles. The molecule has 1 aromatic carbocycles. The van der Waals surface area contributed by atoms with Crippen molar-refractivity contribution in [1.82, 2.24) is 61.5 Å². The highest BCUT2D eigenvalue weighted by Gasteiger charge is 2.51. The van der Waals surface area contributed by atoms with Crippen molar-refractivity contribution in [2.45, 2.75) is 177 Å². The van der Waals surface area contributed by atoms with Gasteiger partial charge in [-0.25, -0.2) is 29.9 Å². The monoisotopic (exact) mass is 1750 g/mol. The van der Waals surface area contributed by atoms with Crippen molar-refractivity contribution in [3.05, 3.63) is 118 Å². The molecular weight excluding hydrogens is 1660 g/mol. The number of carbonyl (C=O) groups is 8. The first-order valence-corrected chi connectivity index (χ1v) is 41.9. The number of esters is 1. The van der Waals surface area contributed by atoms with Gasteiger partial charge in [-0.05, 0) is 58.7 Å². The van der Waals surface area contributed by atoms with Crippen molar-refractivity contribution < 1.29 is 121 Å². The smallest absolute Gasteiger partial charge is 0.308 e. The number of nitrogens with two attached hydrogens (primary N) is 1. The van der Waals surface area contributed by atoms with E-state index in [-0.39, 0.29) is 106 Å². The average molecular weight is 1750 g/mol. The minimum Gasteiger partial charge on any atom is -0.506 e. The molecule has 6 amide bonds. The molecule has 630 valence electrons. The van der Waals surface area contributed by atoms with E-state index < -0.39 is 187 Å². The fourth-order valence-corrected chi connectivity index (χ4v) is 19.0. The molecule has 44 heteroatoms. The number of ether oxygens (including phenoxy) is 12. The lowest BCUT2D eigenvalue weighted by atomic mass is 9.98. The van der Waals surface area contributed by atoms with E-state index in [4.69, 9.17) is 77.5 Å². The molecule has 5 aliphatic heterocycles. The van der Waals surface area contributed by atoms with Crippen molar-refractivity contribution >= 4 is 132 Å². The van der Waals surface area contributed by atoms with Crippen LogP contribution in [0.5, 0.6) is 10.8 Å². The number of amides is 6. The molecule has 13 N–H and O–H groups in total. The number of H-pyrrole nitrogens is 1. The second-order valence-corrected chi connectivity index (χ2v) is 33.2. The molecule has 3 fully saturated rings. The van der Waals surface area contributed by atoms with Crippen molar-refractivity contribution in [2.24, 2.45) is 5.73 Å². The highest BCUT2D eigenvalue weighted by Crippen LogP contribution is 2.44. The van der Waals surface area contributed by atoms with E-state index in [1.165, 1.54) is 71.6 Å². The highest BCUT2D eigenvalue weighted by molar-refractivity contribution is 8.14. The summed E-state index contributed by atoms with van der Waals surface area (Å²) in [4.78, 5) is 146. The number of rotatable bonds is 17. The van der Waals surface area contributed by atoms with E-state index in [1.807, 2.05) is 0 Å². The van der Waals surface area contributed by atoms with Crippen LogP contribution in [0.25, 0.3) is 49.3 Å². The SMILES string of the molecule is C=C(NC(=O)c1csc(-c2nc3c(cc2O)-c2nc(cs2)C(=O)N[C@@H]([C@@H](C)O)C(=O)N/C(=C(\C)OC)c2nc(cs2)C(=O)N[C@@H]2c4nc(c(O[C@@H]5O[C@@H](C)[C@H](O[C@H]6CC[C@@H](O[C@@H]7O[C@@H](C)[C@H](O)[C@@H](OC)[C@H]7O)[C@H](C)O6)[C@@H](OC)[C@H]5OC)s4)C(=O)N[C@@H](CSC(=O)c4[nH]c5cccc(c5c4COC)COC(=O)C[C@@H]2O)c2nc-3cs2)n1)C(N)=O.